The molecule has 0 unspecified atom stereocenters. The molecular weight excluding hydrogens is 196 g/mol. The normalized spacial score (nSPS) is 28.5. The highest BCUT2D eigenvalue weighted by molar-refractivity contribution is 5.29. The van der Waals surface area contributed by atoms with E-state index < -0.39 is 0 Å². The summed E-state index contributed by atoms with van der Waals surface area (Å²) in [5.74, 6) is 0.782. The quantitative estimate of drug-likeness (QED) is 0.764. The molecule has 0 saturated carbocycles. The minimum absolute atomic E-state index is 0.253. The summed E-state index contributed by atoms with van der Waals surface area (Å²) in [5.41, 5.74) is 1.33. The van der Waals surface area contributed by atoms with Crippen LogP contribution in [0.2, 0.25) is 0 Å². The first-order valence-corrected chi connectivity index (χ1v) is 6.24. The number of rotatable bonds is 4. The first-order chi connectivity index (χ1) is 7.83. The average molecular weight is 216 g/mol. The van der Waals surface area contributed by atoms with Gasteiger partial charge >= 0.3 is 0 Å². The minimum Gasteiger partial charge on any atom is -0.389 e. The number of hydrogen-bond donors (Lipinski definition) is 1. The Bertz CT molecular complexity index is 342. The van der Waals surface area contributed by atoms with Gasteiger partial charge in [0.05, 0.1) is 6.10 Å². The predicted octanol–water partition coefficient (Wildman–Crippen LogP) is 3.51. The van der Waals surface area contributed by atoms with E-state index in [0.717, 1.165) is 6.42 Å². The van der Waals surface area contributed by atoms with Crippen molar-refractivity contribution in [1.29, 1.82) is 0 Å². The van der Waals surface area contributed by atoms with Gasteiger partial charge in [0.15, 0.2) is 0 Å². The van der Waals surface area contributed by atoms with Crippen molar-refractivity contribution in [2.24, 2.45) is 5.92 Å². The standard InChI is InChI=1S/C15H20O/c1-2-3-9-14-13(10-11-15(14)16)12-7-5-4-6-8-12/h4-8,10-11,13-16H,2-3,9H2,1H3/t13-,14-,15-/m1/s1. The van der Waals surface area contributed by atoms with Crippen molar-refractivity contribution in [2.45, 2.75) is 38.2 Å². The average Bonchev–Trinajstić information content (AvgIpc) is 2.69. The largest absolute Gasteiger partial charge is 0.389 e. The van der Waals surface area contributed by atoms with E-state index in [4.69, 9.17) is 0 Å². The Hall–Kier alpha value is -1.08. The highest BCUT2D eigenvalue weighted by Gasteiger charge is 2.30. The van der Waals surface area contributed by atoms with E-state index in [2.05, 4.69) is 37.3 Å². The van der Waals surface area contributed by atoms with Gasteiger partial charge in [-0.25, -0.2) is 0 Å². The number of aliphatic hydroxyl groups is 1. The third kappa shape index (κ3) is 2.35. The highest BCUT2D eigenvalue weighted by atomic mass is 16.3. The van der Waals surface area contributed by atoms with Crippen LogP contribution in [0.5, 0.6) is 0 Å². The lowest BCUT2D eigenvalue weighted by Gasteiger charge is -2.22. The summed E-state index contributed by atoms with van der Waals surface area (Å²) in [6.45, 7) is 2.20. The molecular formula is C15H20O. The van der Waals surface area contributed by atoms with Gasteiger partial charge in [-0.2, -0.15) is 0 Å². The third-order valence-corrected chi connectivity index (χ3v) is 3.49. The fraction of sp³-hybridized carbons (Fsp3) is 0.467. The molecule has 0 fully saturated rings. The maximum atomic E-state index is 9.96. The second-order valence-electron chi connectivity index (χ2n) is 4.62. The lowest BCUT2D eigenvalue weighted by Crippen LogP contribution is -2.18. The molecule has 1 aliphatic carbocycles. The van der Waals surface area contributed by atoms with Crippen molar-refractivity contribution in [1.82, 2.24) is 0 Å². The maximum absolute atomic E-state index is 9.96. The molecule has 0 aliphatic heterocycles. The summed E-state index contributed by atoms with van der Waals surface area (Å²) in [6.07, 6.45) is 7.39. The molecule has 1 nitrogen and oxygen atoms in total. The Morgan fingerprint density at radius 1 is 1.12 bits per heavy atom. The van der Waals surface area contributed by atoms with Crippen LogP contribution in [0.15, 0.2) is 42.5 Å². The summed E-state index contributed by atoms with van der Waals surface area (Å²) in [5, 5.41) is 9.96. The number of benzene rings is 1. The van der Waals surface area contributed by atoms with Crippen molar-refractivity contribution in [3.05, 3.63) is 48.0 Å². The van der Waals surface area contributed by atoms with Gasteiger partial charge in [-0.3, -0.25) is 0 Å². The molecule has 2 rings (SSSR count). The van der Waals surface area contributed by atoms with Crippen LogP contribution in [-0.4, -0.2) is 11.2 Å². The molecule has 3 atom stereocenters. The third-order valence-electron chi connectivity index (χ3n) is 3.49. The van der Waals surface area contributed by atoms with Crippen molar-refractivity contribution in [2.75, 3.05) is 0 Å². The van der Waals surface area contributed by atoms with Crippen molar-refractivity contribution < 1.29 is 5.11 Å². The first-order valence-electron chi connectivity index (χ1n) is 6.24. The van der Waals surface area contributed by atoms with E-state index in [0.29, 0.717) is 11.8 Å². The second kappa shape index (κ2) is 5.31. The van der Waals surface area contributed by atoms with Gasteiger partial charge in [-0.1, -0.05) is 62.2 Å². The monoisotopic (exact) mass is 216 g/mol. The Morgan fingerprint density at radius 2 is 1.88 bits per heavy atom. The number of aliphatic hydroxyl groups excluding tert-OH is 1. The first kappa shape index (κ1) is 11.4. The fourth-order valence-electron chi connectivity index (χ4n) is 2.56. The van der Waals surface area contributed by atoms with Crippen LogP contribution >= 0.6 is 0 Å². The van der Waals surface area contributed by atoms with E-state index >= 15 is 0 Å². The fourth-order valence-corrected chi connectivity index (χ4v) is 2.56. The van der Waals surface area contributed by atoms with Gasteiger partial charge in [0, 0.05) is 5.92 Å². The molecule has 0 amide bonds. The minimum atomic E-state index is -0.253. The molecule has 1 N–H and O–H groups in total. The van der Waals surface area contributed by atoms with Crippen LogP contribution in [0.25, 0.3) is 0 Å². The summed E-state index contributed by atoms with van der Waals surface area (Å²) in [4.78, 5) is 0. The smallest absolute Gasteiger partial charge is 0.0758 e. The van der Waals surface area contributed by atoms with E-state index in [9.17, 15) is 5.11 Å². The lowest BCUT2D eigenvalue weighted by atomic mass is 9.84. The molecule has 1 heteroatoms. The van der Waals surface area contributed by atoms with Gasteiger partial charge in [0.1, 0.15) is 0 Å². The molecule has 16 heavy (non-hydrogen) atoms. The summed E-state index contributed by atoms with van der Waals surface area (Å²) in [7, 11) is 0. The molecule has 0 heterocycles. The van der Waals surface area contributed by atoms with Gasteiger partial charge in [-0.05, 0) is 17.9 Å². The second-order valence-corrected chi connectivity index (χ2v) is 4.62. The summed E-state index contributed by atoms with van der Waals surface area (Å²) in [6, 6.07) is 10.5. The van der Waals surface area contributed by atoms with Crippen LogP contribution in [-0.2, 0) is 0 Å². The van der Waals surface area contributed by atoms with E-state index in [-0.39, 0.29) is 6.10 Å². The zero-order valence-electron chi connectivity index (χ0n) is 9.84. The number of hydrogen-bond acceptors (Lipinski definition) is 1. The molecule has 1 aromatic rings. The Morgan fingerprint density at radius 3 is 2.56 bits per heavy atom. The molecule has 0 bridgehead atoms. The molecule has 1 aromatic carbocycles. The Balaban J connectivity index is 2.11. The molecule has 0 saturated heterocycles. The van der Waals surface area contributed by atoms with Gasteiger partial charge < -0.3 is 5.11 Å². The Kier molecular flexibility index (Phi) is 3.79. The zero-order valence-corrected chi connectivity index (χ0v) is 9.84. The zero-order chi connectivity index (χ0) is 11.4. The SMILES string of the molecule is CCCC[C@H]1[C@H](O)C=C[C@@H]1c1ccccc1. The molecule has 1 aliphatic rings. The van der Waals surface area contributed by atoms with E-state index in [1.807, 2.05) is 12.1 Å². The topological polar surface area (TPSA) is 20.2 Å². The van der Waals surface area contributed by atoms with Gasteiger partial charge in [-0.15, -0.1) is 0 Å². The van der Waals surface area contributed by atoms with Crippen LogP contribution in [0.3, 0.4) is 0 Å². The predicted molar refractivity (Wildman–Crippen MR) is 67.3 cm³/mol. The molecule has 86 valence electrons. The van der Waals surface area contributed by atoms with Crippen molar-refractivity contribution in [3.8, 4) is 0 Å². The Labute approximate surface area is 97.8 Å². The summed E-state index contributed by atoms with van der Waals surface area (Å²) >= 11 is 0. The van der Waals surface area contributed by atoms with Gasteiger partial charge in [0.25, 0.3) is 0 Å². The van der Waals surface area contributed by atoms with E-state index in [1.165, 1.54) is 18.4 Å². The molecule has 0 radical (unpaired) electrons. The van der Waals surface area contributed by atoms with Crippen molar-refractivity contribution in [3.63, 3.8) is 0 Å². The van der Waals surface area contributed by atoms with Gasteiger partial charge in [0.2, 0.25) is 0 Å². The van der Waals surface area contributed by atoms with Crippen LogP contribution in [0.1, 0.15) is 37.7 Å². The molecule has 0 aromatic heterocycles. The number of unbranched alkanes of at least 4 members (excludes halogenated alkanes) is 1. The van der Waals surface area contributed by atoms with Crippen LogP contribution < -0.4 is 0 Å². The van der Waals surface area contributed by atoms with Crippen LogP contribution in [0, 0.1) is 5.92 Å². The maximum Gasteiger partial charge on any atom is 0.0758 e. The van der Waals surface area contributed by atoms with Crippen molar-refractivity contribution >= 4 is 0 Å². The lowest BCUT2D eigenvalue weighted by molar-refractivity contribution is 0.148. The number of allylic oxidation sites excluding steroid dienone is 1. The molecule has 0 spiro atoms. The van der Waals surface area contributed by atoms with E-state index in [1.54, 1.807) is 0 Å². The van der Waals surface area contributed by atoms with Crippen LogP contribution in [0.4, 0.5) is 0 Å². The highest BCUT2D eigenvalue weighted by Crippen LogP contribution is 2.37. The summed E-state index contributed by atoms with van der Waals surface area (Å²) < 4.78 is 0.